The van der Waals surface area contributed by atoms with Crippen LogP contribution in [0.25, 0.3) is 0 Å². The predicted molar refractivity (Wildman–Crippen MR) is 66.8 cm³/mol. The largest absolute Gasteiger partial charge is 0.496 e. The molecule has 0 saturated heterocycles. The quantitative estimate of drug-likeness (QED) is 0.769. The van der Waals surface area contributed by atoms with Crippen LogP contribution >= 0.6 is 0 Å². The van der Waals surface area contributed by atoms with Crippen LogP contribution in [0.4, 0.5) is 0 Å². The zero-order valence-electron chi connectivity index (χ0n) is 10.5. The van der Waals surface area contributed by atoms with Crippen molar-refractivity contribution in [3.05, 3.63) is 23.8 Å². The molecule has 0 bridgehead atoms. The highest BCUT2D eigenvalue weighted by Crippen LogP contribution is 2.29. The number of ether oxygens (including phenoxy) is 2. The molecule has 4 nitrogen and oxygen atoms in total. The second kappa shape index (κ2) is 6.25. The molecule has 0 heterocycles. The van der Waals surface area contributed by atoms with E-state index in [-0.39, 0.29) is 5.78 Å². The van der Waals surface area contributed by atoms with Crippen molar-refractivity contribution in [2.24, 2.45) is 5.73 Å². The summed E-state index contributed by atoms with van der Waals surface area (Å²) in [5.41, 5.74) is 6.28. The molecule has 0 radical (unpaired) electrons. The third-order valence-corrected chi connectivity index (χ3v) is 2.61. The van der Waals surface area contributed by atoms with Crippen molar-refractivity contribution in [1.82, 2.24) is 0 Å². The van der Waals surface area contributed by atoms with E-state index in [0.29, 0.717) is 23.5 Å². The van der Waals surface area contributed by atoms with Crippen molar-refractivity contribution in [3.63, 3.8) is 0 Å². The highest BCUT2D eigenvalue weighted by Gasteiger charge is 2.22. The van der Waals surface area contributed by atoms with Gasteiger partial charge in [-0.2, -0.15) is 0 Å². The molecule has 0 aliphatic carbocycles. The van der Waals surface area contributed by atoms with Crippen LogP contribution in [0.5, 0.6) is 11.5 Å². The number of methoxy groups -OCH3 is 2. The second-order valence-corrected chi connectivity index (χ2v) is 3.80. The van der Waals surface area contributed by atoms with Gasteiger partial charge >= 0.3 is 0 Å². The summed E-state index contributed by atoms with van der Waals surface area (Å²) in [5, 5.41) is 0. The molecule has 1 unspecified atom stereocenters. The van der Waals surface area contributed by atoms with E-state index in [1.807, 2.05) is 6.92 Å². The van der Waals surface area contributed by atoms with Crippen LogP contribution in [0.2, 0.25) is 0 Å². The third kappa shape index (κ3) is 2.97. The molecule has 1 atom stereocenters. The Balaban J connectivity index is 3.13. The number of benzene rings is 1. The maximum Gasteiger partial charge on any atom is 0.186 e. The van der Waals surface area contributed by atoms with Crippen molar-refractivity contribution in [2.75, 3.05) is 14.2 Å². The molecule has 1 aromatic rings. The van der Waals surface area contributed by atoms with Gasteiger partial charge in [0.25, 0.3) is 0 Å². The first-order valence-electron chi connectivity index (χ1n) is 5.66. The third-order valence-electron chi connectivity index (χ3n) is 2.61. The molecular formula is C13H19NO3. The van der Waals surface area contributed by atoms with Gasteiger partial charge in [-0.25, -0.2) is 0 Å². The van der Waals surface area contributed by atoms with Gasteiger partial charge in [0, 0.05) is 0 Å². The van der Waals surface area contributed by atoms with E-state index in [9.17, 15) is 4.79 Å². The topological polar surface area (TPSA) is 61.6 Å². The molecule has 0 fully saturated rings. The Kier molecular flexibility index (Phi) is 4.97. The van der Waals surface area contributed by atoms with E-state index in [4.69, 9.17) is 15.2 Å². The lowest BCUT2D eigenvalue weighted by Crippen LogP contribution is -2.30. The van der Waals surface area contributed by atoms with Crippen molar-refractivity contribution in [3.8, 4) is 11.5 Å². The smallest absolute Gasteiger partial charge is 0.186 e. The van der Waals surface area contributed by atoms with Crippen LogP contribution in [0.3, 0.4) is 0 Å². The lowest BCUT2D eigenvalue weighted by molar-refractivity contribution is 0.0950. The summed E-state index contributed by atoms with van der Waals surface area (Å²) in [7, 11) is 3.05. The standard InChI is InChI=1S/C13H19NO3/c1-4-6-9(14)13(15)12-10(16-2)7-5-8-11(12)17-3/h5,7-9H,4,6,14H2,1-3H3. The van der Waals surface area contributed by atoms with Crippen LogP contribution in [0, 0.1) is 0 Å². The summed E-state index contributed by atoms with van der Waals surface area (Å²) in [4.78, 5) is 12.2. The average Bonchev–Trinajstić information content (AvgIpc) is 2.37. The van der Waals surface area contributed by atoms with Crippen molar-refractivity contribution in [1.29, 1.82) is 0 Å². The molecule has 2 N–H and O–H groups in total. The number of carbonyl (C=O) groups excluding carboxylic acids is 1. The fraction of sp³-hybridized carbons (Fsp3) is 0.462. The minimum absolute atomic E-state index is 0.138. The summed E-state index contributed by atoms with van der Waals surface area (Å²) in [6, 6.07) is 4.73. The molecule has 0 aliphatic heterocycles. The Bertz CT molecular complexity index is 368. The van der Waals surface area contributed by atoms with Crippen LogP contribution in [-0.2, 0) is 0 Å². The zero-order chi connectivity index (χ0) is 12.8. The number of hydrogen-bond acceptors (Lipinski definition) is 4. The predicted octanol–water partition coefficient (Wildman–Crippen LogP) is 2.01. The van der Waals surface area contributed by atoms with Crippen LogP contribution in [0.15, 0.2) is 18.2 Å². The molecular weight excluding hydrogens is 218 g/mol. The van der Waals surface area contributed by atoms with Gasteiger partial charge in [0.15, 0.2) is 5.78 Å². The zero-order valence-corrected chi connectivity index (χ0v) is 10.5. The van der Waals surface area contributed by atoms with Crippen LogP contribution in [0.1, 0.15) is 30.1 Å². The molecule has 0 amide bonds. The molecule has 0 saturated carbocycles. The normalized spacial score (nSPS) is 12.0. The molecule has 1 rings (SSSR count). The molecule has 0 aliphatic rings. The van der Waals surface area contributed by atoms with Gasteiger partial charge in [0.05, 0.1) is 20.3 Å². The van der Waals surface area contributed by atoms with Crippen molar-refractivity contribution in [2.45, 2.75) is 25.8 Å². The first kappa shape index (κ1) is 13.5. The summed E-state index contributed by atoms with van der Waals surface area (Å²) >= 11 is 0. The highest BCUT2D eigenvalue weighted by atomic mass is 16.5. The number of rotatable bonds is 6. The Morgan fingerprint density at radius 1 is 1.29 bits per heavy atom. The summed E-state index contributed by atoms with van der Waals surface area (Å²) in [6.45, 7) is 1.99. The van der Waals surface area contributed by atoms with E-state index in [2.05, 4.69) is 0 Å². The van der Waals surface area contributed by atoms with Gasteiger partial charge in [-0.1, -0.05) is 19.4 Å². The molecule has 4 heteroatoms. The van der Waals surface area contributed by atoms with E-state index >= 15 is 0 Å². The van der Waals surface area contributed by atoms with Gasteiger partial charge < -0.3 is 15.2 Å². The van der Waals surface area contributed by atoms with Gasteiger partial charge in [-0.3, -0.25) is 4.79 Å². The van der Waals surface area contributed by atoms with E-state index in [1.54, 1.807) is 18.2 Å². The highest BCUT2D eigenvalue weighted by molar-refractivity contribution is 6.04. The van der Waals surface area contributed by atoms with Gasteiger partial charge in [-0.15, -0.1) is 0 Å². The first-order chi connectivity index (χ1) is 8.15. The Morgan fingerprint density at radius 2 is 1.82 bits per heavy atom. The molecule has 17 heavy (non-hydrogen) atoms. The first-order valence-corrected chi connectivity index (χ1v) is 5.66. The van der Waals surface area contributed by atoms with E-state index < -0.39 is 6.04 Å². The van der Waals surface area contributed by atoms with Crippen molar-refractivity contribution >= 4 is 5.78 Å². The number of carbonyl (C=O) groups is 1. The number of Topliss-reactive ketones (excluding diaryl/α,β-unsaturated/α-hetero) is 1. The summed E-state index contributed by atoms with van der Waals surface area (Å²) in [5.74, 6) is 0.864. The van der Waals surface area contributed by atoms with Gasteiger partial charge in [0.1, 0.15) is 17.1 Å². The molecule has 0 spiro atoms. The maximum atomic E-state index is 12.2. The Labute approximate surface area is 102 Å². The molecule has 0 aromatic heterocycles. The summed E-state index contributed by atoms with van der Waals surface area (Å²) in [6.07, 6.45) is 1.52. The van der Waals surface area contributed by atoms with E-state index in [1.165, 1.54) is 14.2 Å². The van der Waals surface area contributed by atoms with Crippen LogP contribution in [-0.4, -0.2) is 26.0 Å². The van der Waals surface area contributed by atoms with Gasteiger partial charge in [-0.05, 0) is 18.6 Å². The Hall–Kier alpha value is -1.55. The maximum absolute atomic E-state index is 12.2. The number of ketones is 1. The lowest BCUT2D eigenvalue weighted by Gasteiger charge is -2.15. The van der Waals surface area contributed by atoms with Crippen LogP contribution < -0.4 is 15.2 Å². The fourth-order valence-corrected chi connectivity index (χ4v) is 1.72. The average molecular weight is 237 g/mol. The molecule has 1 aromatic carbocycles. The minimum Gasteiger partial charge on any atom is -0.496 e. The van der Waals surface area contributed by atoms with E-state index in [0.717, 1.165) is 6.42 Å². The second-order valence-electron chi connectivity index (χ2n) is 3.80. The monoisotopic (exact) mass is 237 g/mol. The SMILES string of the molecule is CCCC(N)C(=O)c1c(OC)cccc1OC. The fourth-order valence-electron chi connectivity index (χ4n) is 1.72. The molecule has 94 valence electrons. The van der Waals surface area contributed by atoms with Gasteiger partial charge in [0.2, 0.25) is 0 Å². The Morgan fingerprint density at radius 3 is 2.24 bits per heavy atom. The summed E-state index contributed by atoms with van der Waals surface area (Å²) < 4.78 is 10.4. The lowest BCUT2D eigenvalue weighted by atomic mass is 9.99. The van der Waals surface area contributed by atoms with Crippen molar-refractivity contribution < 1.29 is 14.3 Å². The minimum atomic E-state index is -0.509. The number of hydrogen-bond donors (Lipinski definition) is 1. The number of nitrogens with two attached hydrogens (primary N) is 1.